The van der Waals surface area contributed by atoms with Crippen LogP contribution in [0, 0.1) is 27.1 Å². The molecule has 1 aliphatic heterocycles. The highest BCUT2D eigenvalue weighted by Crippen LogP contribution is 2.60. The first kappa shape index (κ1) is 28.7. The van der Waals surface area contributed by atoms with E-state index >= 15 is 0 Å². The summed E-state index contributed by atoms with van der Waals surface area (Å²) < 4.78 is 21.2. The Hall–Kier alpha value is -3.05. The highest BCUT2D eigenvalue weighted by Gasteiger charge is 2.51. The molecule has 3 aromatic rings. The highest BCUT2D eigenvalue weighted by molar-refractivity contribution is 14.1. The van der Waals surface area contributed by atoms with Gasteiger partial charge in [-0.3, -0.25) is 14.9 Å². The number of ether oxygens (including phenoxy) is 1. The monoisotopic (exact) mass is 754 g/mol. The number of barbiturate groups is 1. The minimum absolute atomic E-state index is 0.0430. The van der Waals surface area contributed by atoms with Gasteiger partial charge < -0.3 is 4.74 Å². The average Bonchev–Trinajstić information content (AvgIpc) is 2.95. The number of carbonyl (C=O) groups is 3. The fourth-order valence-corrected chi connectivity index (χ4v) is 9.82. The Morgan fingerprint density at radius 3 is 2.26 bits per heavy atom. The predicted molar refractivity (Wildman–Crippen MR) is 173 cm³/mol. The van der Waals surface area contributed by atoms with Crippen LogP contribution in [0.15, 0.2) is 70.7 Å². The molecule has 3 aromatic carbocycles. The number of benzene rings is 3. The van der Waals surface area contributed by atoms with Gasteiger partial charge >= 0.3 is 6.03 Å². The van der Waals surface area contributed by atoms with Crippen molar-refractivity contribution in [1.82, 2.24) is 5.32 Å². The molecule has 4 amide bonds. The number of rotatable bonds is 6. The molecular formula is C34H29BrFIN2O4. The SMILES string of the molecule is O=C1NC(=O)N(c2ccc(C34CC5CC(CC(C5)C3)C4)cc2)C(=O)/C1=C/c1cc(Br)c(OCc2ccccc2F)c(I)c1. The van der Waals surface area contributed by atoms with Crippen LogP contribution in [0.1, 0.15) is 55.2 Å². The van der Waals surface area contributed by atoms with E-state index < -0.39 is 17.8 Å². The van der Waals surface area contributed by atoms with Gasteiger partial charge in [0.15, 0.2) is 0 Å². The first-order valence-electron chi connectivity index (χ1n) is 14.6. The van der Waals surface area contributed by atoms with Crippen molar-refractivity contribution in [1.29, 1.82) is 0 Å². The number of urea groups is 1. The van der Waals surface area contributed by atoms with Gasteiger partial charge in [-0.15, -0.1) is 0 Å². The maximum absolute atomic E-state index is 14.0. The van der Waals surface area contributed by atoms with E-state index in [-0.39, 0.29) is 23.4 Å². The standard InChI is InChI=1S/C34H29BrFIN2O4/c35-27-13-19(14-29(37)30(27)43-18-23-3-1-2-4-28(23)36)12-26-31(40)38-33(42)39(32(26)41)25-7-5-24(6-8-25)34-15-20-9-21(16-34)11-22(10-20)17-34/h1-8,12-14,20-22H,9-11,15-18H2,(H,38,40,42)/b26-12+. The number of hydrogen-bond donors (Lipinski definition) is 1. The van der Waals surface area contributed by atoms with Crippen molar-refractivity contribution in [2.45, 2.75) is 50.5 Å². The molecule has 4 saturated carbocycles. The molecule has 4 aliphatic carbocycles. The van der Waals surface area contributed by atoms with E-state index in [1.807, 2.05) is 12.1 Å². The summed E-state index contributed by atoms with van der Waals surface area (Å²) in [7, 11) is 0. The second-order valence-electron chi connectivity index (χ2n) is 12.4. The normalized spacial score (nSPS) is 27.1. The lowest BCUT2D eigenvalue weighted by atomic mass is 9.48. The molecule has 1 saturated heterocycles. The van der Waals surface area contributed by atoms with Crippen molar-refractivity contribution in [3.63, 3.8) is 0 Å². The summed E-state index contributed by atoms with van der Waals surface area (Å²) in [5.41, 5.74) is 2.78. The van der Waals surface area contributed by atoms with Crippen molar-refractivity contribution < 1.29 is 23.5 Å². The van der Waals surface area contributed by atoms with Gasteiger partial charge in [0.1, 0.15) is 23.7 Å². The molecule has 0 spiro atoms. The zero-order chi connectivity index (χ0) is 29.9. The third-order valence-electron chi connectivity index (χ3n) is 9.54. The molecule has 43 heavy (non-hydrogen) atoms. The first-order valence-corrected chi connectivity index (χ1v) is 16.4. The smallest absolute Gasteiger partial charge is 0.335 e. The second kappa shape index (κ2) is 11.1. The van der Waals surface area contributed by atoms with Crippen LogP contribution in [0.2, 0.25) is 0 Å². The van der Waals surface area contributed by atoms with Gasteiger partial charge in [-0.05, 0) is 148 Å². The summed E-state index contributed by atoms with van der Waals surface area (Å²) >= 11 is 5.60. The van der Waals surface area contributed by atoms with Crippen molar-refractivity contribution in [2.24, 2.45) is 17.8 Å². The van der Waals surface area contributed by atoms with Crippen LogP contribution in [0.5, 0.6) is 5.75 Å². The van der Waals surface area contributed by atoms with Gasteiger partial charge in [0.2, 0.25) is 0 Å². The van der Waals surface area contributed by atoms with E-state index in [9.17, 15) is 18.8 Å². The fourth-order valence-electron chi connectivity index (χ4n) is 8.05. The summed E-state index contributed by atoms with van der Waals surface area (Å²) in [6.45, 7) is 0.0430. The lowest BCUT2D eigenvalue weighted by Crippen LogP contribution is -2.54. The predicted octanol–water partition coefficient (Wildman–Crippen LogP) is 7.91. The Bertz CT molecular complexity index is 1630. The number of nitrogens with zero attached hydrogens (tertiary/aromatic N) is 1. The molecule has 8 rings (SSSR count). The zero-order valence-corrected chi connectivity index (χ0v) is 27.0. The van der Waals surface area contributed by atoms with Crippen LogP contribution in [-0.4, -0.2) is 17.8 Å². The third-order valence-corrected chi connectivity index (χ3v) is 10.9. The van der Waals surface area contributed by atoms with Crippen LogP contribution >= 0.6 is 38.5 Å². The van der Waals surface area contributed by atoms with E-state index in [0.29, 0.717) is 30.6 Å². The van der Waals surface area contributed by atoms with Gasteiger partial charge in [0.05, 0.1) is 13.7 Å². The molecule has 6 nitrogen and oxygen atoms in total. The molecule has 4 bridgehead atoms. The van der Waals surface area contributed by atoms with Crippen LogP contribution < -0.4 is 15.0 Å². The molecule has 0 unspecified atom stereocenters. The maximum atomic E-state index is 14.0. The summed E-state index contributed by atoms with van der Waals surface area (Å²) in [6.07, 6.45) is 9.24. The molecule has 5 aliphatic rings. The van der Waals surface area contributed by atoms with Crippen LogP contribution in [-0.2, 0) is 21.6 Å². The van der Waals surface area contributed by atoms with Crippen LogP contribution in [0.25, 0.3) is 6.08 Å². The molecular weight excluding hydrogens is 726 g/mol. The molecule has 0 aromatic heterocycles. The second-order valence-corrected chi connectivity index (χ2v) is 14.4. The lowest BCUT2D eigenvalue weighted by Gasteiger charge is -2.57. The highest BCUT2D eigenvalue weighted by atomic mass is 127. The van der Waals surface area contributed by atoms with Gasteiger partial charge in [-0.2, -0.15) is 0 Å². The number of amides is 4. The number of halogens is 3. The summed E-state index contributed by atoms with van der Waals surface area (Å²) in [5.74, 6) is 1.18. The Morgan fingerprint density at radius 2 is 1.63 bits per heavy atom. The summed E-state index contributed by atoms with van der Waals surface area (Å²) in [6, 6.07) is 16.9. The zero-order valence-electron chi connectivity index (χ0n) is 23.2. The fraction of sp³-hybridized carbons (Fsp3) is 0.324. The van der Waals surface area contributed by atoms with Gasteiger partial charge in [0, 0.05) is 5.56 Å². The quantitative estimate of drug-likeness (QED) is 0.158. The molecule has 9 heteroatoms. The van der Waals surface area contributed by atoms with Gasteiger partial charge in [-0.25, -0.2) is 14.1 Å². The van der Waals surface area contributed by atoms with E-state index in [1.165, 1.54) is 56.2 Å². The molecule has 1 heterocycles. The Labute approximate surface area is 271 Å². The van der Waals surface area contributed by atoms with Crippen LogP contribution in [0.3, 0.4) is 0 Å². The molecule has 1 N–H and O–H groups in total. The number of imide groups is 2. The molecule has 0 atom stereocenters. The number of nitrogens with one attached hydrogen (secondary N) is 1. The average molecular weight is 755 g/mol. The molecule has 0 radical (unpaired) electrons. The summed E-state index contributed by atoms with van der Waals surface area (Å²) in [5, 5.41) is 2.32. The topological polar surface area (TPSA) is 75.7 Å². The lowest BCUT2D eigenvalue weighted by molar-refractivity contribution is -0.122. The van der Waals surface area contributed by atoms with Crippen molar-refractivity contribution >= 4 is 68.1 Å². The largest absolute Gasteiger partial charge is 0.486 e. The van der Waals surface area contributed by atoms with Crippen LogP contribution in [0.4, 0.5) is 14.9 Å². The van der Waals surface area contributed by atoms with Crippen molar-refractivity contribution in [3.05, 3.63) is 96.8 Å². The van der Waals surface area contributed by atoms with Crippen molar-refractivity contribution in [3.8, 4) is 5.75 Å². The van der Waals surface area contributed by atoms with E-state index in [2.05, 4.69) is 56.0 Å². The molecule has 220 valence electrons. The number of carbonyl (C=O) groups excluding carboxylic acids is 3. The minimum Gasteiger partial charge on any atom is -0.486 e. The third kappa shape index (κ3) is 5.32. The number of hydrogen-bond acceptors (Lipinski definition) is 4. The summed E-state index contributed by atoms with van der Waals surface area (Å²) in [4.78, 5) is 40.3. The van der Waals surface area contributed by atoms with E-state index in [1.54, 1.807) is 30.3 Å². The van der Waals surface area contributed by atoms with E-state index in [4.69, 9.17) is 4.74 Å². The molecule has 5 fully saturated rings. The van der Waals surface area contributed by atoms with Gasteiger partial charge in [-0.1, -0.05) is 30.3 Å². The number of anilines is 1. The first-order chi connectivity index (χ1) is 20.7. The van der Waals surface area contributed by atoms with Gasteiger partial charge in [0.25, 0.3) is 11.8 Å². The van der Waals surface area contributed by atoms with E-state index in [0.717, 1.165) is 22.7 Å². The Morgan fingerprint density at radius 1 is 0.977 bits per heavy atom. The van der Waals surface area contributed by atoms with Crippen molar-refractivity contribution in [2.75, 3.05) is 4.90 Å². The Kier molecular flexibility index (Phi) is 7.44. The maximum Gasteiger partial charge on any atom is 0.335 e. The Balaban J connectivity index is 1.12. The minimum atomic E-state index is -0.762.